The van der Waals surface area contributed by atoms with Gasteiger partial charge in [0.25, 0.3) is 0 Å². The largest absolute Gasteiger partial charge is 0.390 e. The Morgan fingerprint density at radius 1 is 1.24 bits per heavy atom. The molecule has 2 aliphatic rings. The van der Waals surface area contributed by atoms with E-state index in [1.54, 1.807) is 0 Å². The Bertz CT molecular complexity index is 329. The van der Waals surface area contributed by atoms with Crippen LogP contribution in [0.3, 0.4) is 0 Å². The van der Waals surface area contributed by atoms with Crippen molar-refractivity contribution in [2.75, 3.05) is 6.54 Å². The summed E-state index contributed by atoms with van der Waals surface area (Å²) in [4.78, 5) is 12.4. The van der Waals surface area contributed by atoms with Crippen LogP contribution in [0.2, 0.25) is 0 Å². The fraction of sp³-hybridized carbons (Fsp3) is 0.941. The van der Waals surface area contributed by atoms with E-state index in [1.165, 1.54) is 32.1 Å². The third-order valence-corrected chi connectivity index (χ3v) is 5.24. The first-order chi connectivity index (χ1) is 10.1. The average molecular weight is 296 g/mol. The van der Waals surface area contributed by atoms with E-state index in [4.69, 9.17) is 0 Å². The number of aliphatic hydroxyl groups is 1. The topological polar surface area (TPSA) is 61.4 Å². The molecule has 0 aromatic heterocycles. The molecule has 122 valence electrons. The van der Waals surface area contributed by atoms with Gasteiger partial charge in [0.15, 0.2) is 0 Å². The Morgan fingerprint density at radius 3 is 2.67 bits per heavy atom. The van der Waals surface area contributed by atoms with Crippen LogP contribution in [0.15, 0.2) is 0 Å². The van der Waals surface area contributed by atoms with E-state index in [-0.39, 0.29) is 17.9 Å². The smallest absolute Gasteiger partial charge is 0.223 e. The normalized spacial score (nSPS) is 33.2. The van der Waals surface area contributed by atoms with Crippen molar-refractivity contribution in [2.45, 2.75) is 83.4 Å². The Morgan fingerprint density at radius 2 is 1.95 bits per heavy atom. The molecule has 0 aromatic carbocycles. The summed E-state index contributed by atoms with van der Waals surface area (Å²) in [5, 5.41) is 16.5. The molecular formula is C17H32N2O2. The lowest BCUT2D eigenvalue weighted by atomic mass is 9.83. The van der Waals surface area contributed by atoms with Gasteiger partial charge in [-0.25, -0.2) is 0 Å². The fourth-order valence-corrected chi connectivity index (χ4v) is 3.71. The molecule has 4 atom stereocenters. The number of rotatable bonds is 4. The van der Waals surface area contributed by atoms with Gasteiger partial charge in [0.1, 0.15) is 0 Å². The van der Waals surface area contributed by atoms with Crippen LogP contribution in [-0.2, 0) is 4.79 Å². The molecule has 1 amide bonds. The second kappa shape index (κ2) is 8.14. The first-order valence-electron chi connectivity index (χ1n) is 8.78. The van der Waals surface area contributed by atoms with Crippen molar-refractivity contribution in [2.24, 2.45) is 11.8 Å². The number of aliphatic hydroxyl groups excluding tert-OH is 1. The Labute approximate surface area is 129 Å². The van der Waals surface area contributed by atoms with Gasteiger partial charge in [0.2, 0.25) is 5.91 Å². The maximum Gasteiger partial charge on any atom is 0.223 e. The molecule has 1 aliphatic heterocycles. The van der Waals surface area contributed by atoms with Gasteiger partial charge in [0.05, 0.1) is 12.1 Å². The highest BCUT2D eigenvalue weighted by Crippen LogP contribution is 2.29. The lowest BCUT2D eigenvalue weighted by Gasteiger charge is -2.27. The molecule has 1 unspecified atom stereocenters. The zero-order valence-electron chi connectivity index (χ0n) is 13.6. The third-order valence-electron chi connectivity index (χ3n) is 5.24. The minimum Gasteiger partial charge on any atom is -0.390 e. The molecule has 1 heterocycles. The summed E-state index contributed by atoms with van der Waals surface area (Å²) in [7, 11) is 0. The van der Waals surface area contributed by atoms with Crippen molar-refractivity contribution in [3.63, 3.8) is 0 Å². The molecule has 2 rings (SSSR count). The summed E-state index contributed by atoms with van der Waals surface area (Å²) in [6.07, 6.45) is 8.96. The van der Waals surface area contributed by atoms with Gasteiger partial charge in [0, 0.05) is 18.5 Å². The van der Waals surface area contributed by atoms with Crippen molar-refractivity contribution in [3.05, 3.63) is 0 Å². The van der Waals surface area contributed by atoms with Gasteiger partial charge in [-0.3, -0.25) is 4.79 Å². The van der Waals surface area contributed by atoms with Crippen LogP contribution >= 0.6 is 0 Å². The Hall–Kier alpha value is -0.610. The molecule has 0 aromatic rings. The first-order valence-corrected chi connectivity index (χ1v) is 8.78. The second-order valence-corrected chi connectivity index (χ2v) is 7.21. The summed E-state index contributed by atoms with van der Waals surface area (Å²) in [6, 6.07) is 0.324. The van der Waals surface area contributed by atoms with Gasteiger partial charge in [-0.1, -0.05) is 39.0 Å². The molecule has 0 radical (unpaired) electrons. The van der Waals surface area contributed by atoms with Gasteiger partial charge in [-0.2, -0.15) is 0 Å². The van der Waals surface area contributed by atoms with E-state index in [9.17, 15) is 9.90 Å². The number of carbonyl (C=O) groups excluding carboxylic acids is 1. The molecule has 0 bridgehead atoms. The number of carbonyl (C=O) groups is 1. The van der Waals surface area contributed by atoms with E-state index in [2.05, 4.69) is 17.6 Å². The van der Waals surface area contributed by atoms with E-state index in [0.717, 1.165) is 25.2 Å². The van der Waals surface area contributed by atoms with Crippen molar-refractivity contribution in [3.8, 4) is 0 Å². The molecule has 1 saturated heterocycles. The van der Waals surface area contributed by atoms with E-state index < -0.39 is 6.10 Å². The number of hydrogen-bond donors (Lipinski definition) is 3. The number of amides is 1. The van der Waals surface area contributed by atoms with Crippen LogP contribution in [0, 0.1) is 11.8 Å². The van der Waals surface area contributed by atoms with Crippen LogP contribution in [0.25, 0.3) is 0 Å². The quantitative estimate of drug-likeness (QED) is 0.745. The Kier molecular flexibility index (Phi) is 6.49. The standard InChI is InChI=1S/C17H32N2O2/c1-12(10-14-6-4-3-5-7-14)17(21)19-15-9-8-13(2)18-11-16(15)20/h12-16,18,20H,3-11H2,1-2H3,(H,19,21)/t12?,13-,15+,16+/m1/s1. The highest BCUT2D eigenvalue weighted by Gasteiger charge is 2.28. The maximum absolute atomic E-state index is 12.4. The molecule has 3 N–H and O–H groups in total. The summed E-state index contributed by atoms with van der Waals surface area (Å²) >= 11 is 0. The predicted molar refractivity (Wildman–Crippen MR) is 85.0 cm³/mol. The van der Waals surface area contributed by atoms with Crippen molar-refractivity contribution in [1.29, 1.82) is 0 Å². The molecule has 4 heteroatoms. The first kappa shape index (κ1) is 16.8. The number of nitrogens with one attached hydrogen (secondary N) is 2. The minimum absolute atomic E-state index is 0.0638. The van der Waals surface area contributed by atoms with Crippen LogP contribution in [-0.4, -0.2) is 35.7 Å². The molecular weight excluding hydrogens is 264 g/mol. The maximum atomic E-state index is 12.4. The van der Waals surface area contributed by atoms with Crippen LogP contribution in [0.1, 0.15) is 65.2 Å². The lowest BCUT2D eigenvalue weighted by Crippen LogP contribution is -2.47. The molecule has 0 spiro atoms. The van der Waals surface area contributed by atoms with Crippen LogP contribution in [0.5, 0.6) is 0 Å². The van der Waals surface area contributed by atoms with Gasteiger partial charge in [-0.15, -0.1) is 0 Å². The molecule has 1 aliphatic carbocycles. The summed E-state index contributed by atoms with van der Waals surface area (Å²) < 4.78 is 0. The number of β-amino-alcohol motifs (C(OH)–C–C–N with tert-alkyl or cyclic N) is 1. The summed E-state index contributed by atoms with van der Waals surface area (Å²) in [6.45, 7) is 4.74. The minimum atomic E-state index is -0.471. The Balaban J connectivity index is 1.78. The van der Waals surface area contributed by atoms with E-state index in [0.29, 0.717) is 12.6 Å². The predicted octanol–water partition coefficient (Wildman–Crippen LogP) is 2.21. The monoisotopic (exact) mass is 296 g/mol. The van der Waals surface area contributed by atoms with Crippen molar-refractivity contribution < 1.29 is 9.90 Å². The zero-order chi connectivity index (χ0) is 15.2. The lowest BCUT2D eigenvalue weighted by molar-refractivity contribution is -0.126. The second-order valence-electron chi connectivity index (χ2n) is 7.21. The SMILES string of the molecule is CC(CC1CCCCC1)C(=O)N[C@H]1CC[C@@H](C)NC[C@@H]1O. The third kappa shape index (κ3) is 5.26. The number of hydrogen-bond acceptors (Lipinski definition) is 3. The van der Waals surface area contributed by atoms with Crippen LogP contribution < -0.4 is 10.6 Å². The molecule has 21 heavy (non-hydrogen) atoms. The van der Waals surface area contributed by atoms with Crippen LogP contribution in [0.4, 0.5) is 0 Å². The van der Waals surface area contributed by atoms with Crippen molar-refractivity contribution >= 4 is 5.91 Å². The van der Waals surface area contributed by atoms with Gasteiger partial charge in [-0.05, 0) is 32.1 Å². The molecule has 2 fully saturated rings. The summed E-state index contributed by atoms with van der Waals surface area (Å²) in [5.41, 5.74) is 0. The zero-order valence-corrected chi connectivity index (χ0v) is 13.6. The summed E-state index contributed by atoms with van der Waals surface area (Å²) in [5.74, 6) is 0.911. The van der Waals surface area contributed by atoms with Gasteiger partial charge >= 0.3 is 0 Å². The van der Waals surface area contributed by atoms with Gasteiger partial charge < -0.3 is 15.7 Å². The van der Waals surface area contributed by atoms with E-state index in [1.807, 2.05) is 6.92 Å². The van der Waals surface area contributed by atoms with Crippen molar-refractivity contribution in [1.82, 2.24) is 10.6 Å². The van der Waals surface area contributed by atoms with E-state index >= 15 is 0 Å². The molecule has 1 saturated carbocycles. The fourth-order valence-electron chi connectivity index (χ4n) is 3.71. The highest BCUT2D eigenvalue weighted by molar-refractivity contribution is 5.78. The molecule has 4 nitrogen and oxygen atoms in total. The highest BCUT2D eigenvalue weighted by atomic mass is 16.3. The average Bonchev–Trinajstić information content (AvgIpc) is 2.63.